The van der Waals surface area contributed by atoms with Crippen LogP contribution in [0.3, 0.4) is 0 Å². The van der Waals surface area contributed by atoms with Crippen molar-refractivity contribution in [1.82, 2.24) is 0 Å². The molecule has 1 aromatic carbocycles. The topological polar surface area (TPSA) is 26.0 Å². The molecule has 0 unspecified atom stereocenters. The number of hydrogen-bond acceptors (Lipinski definition) is 1. The molecular weight excluding hydrogens is 182 g/mol. The molecule has 1 rings (SSSR count). The summed E-state index contributed by atoms with van der Waals surface area (Å²) in [6.45, 7) is 7.95. The molecule has 15 heavy (non-hydrogen) atoms. The van der Waals surface area contributed by atoms with Crippen molar-refractivity contribution in [2.45, 2.75) is 26.7 Å². The molecule has 1 heteroatoms. The van der Waals surface area contributed by atoms with Gasteiger partial charge in [0.2, 0.25) is 0 Å². The van der Waals surface area contributed by atoms with Gasteiger partial charge in [0.15, 0.2) is 0 Å². The Kier molecular flexibility index (Phi) is 4.17. The molecule has 0 heterocycles. The quantitative estimate of drug-likeness (QED) is 0.744. The largest absolute Gasteiger partial charge is 0.398 e. The highest BCUT2D eigenvalue weighted by Gasteiger charge is 1.98. The number of nitrogen functional groups attached to an aromatic ring is 1. The molecule has 0 aliphatic heterocycles. The Balaban J connectivity index is 3.58. The van der Waals surface area contributed by atoms with E-state index in [2.05, 4.69) is 25.6 Å². The Bertz CT molecular complexity index is 455. The van der Waals surface area contributed by atoms with Gasteiger partial charge in [0.1, 0.15) is 0 Å². The molecule has 1 nitrogen and oxygen atoms in total. The minimum Gasteiger partial charge on any atom is -0.398 e. The third-order valence-electron chi connectivity index (χ3n) is 2.50. The average Bonchev–Trinajstić information content (AvgIpc) is 2.23. The van der Waals surface area contributed by atoms with Crippen LogP contribution in [0.15, 0.2) is 24.8 Å². The van der Waals surface area contributed by atoms with Crippen LogP contribution in [0.1, 0.15) is 25.8 Å². The number of rotatable bonds is 3. The summed E-state index contributed by atoms with van der Waals surface area (Å²) < 4.78 is 0. The van der Waals surface area contributed by atoms with E-state index < -0.39 is 0 Å². The van der Waals surface area contributed by atoms with Crippen LogP contribution in [0.2, 0.25) is 0 Å². The predicted molar refractivity (Wildman–Crippen MR) is 68.9 cm³/mol. The zero-order chi connectivity index (χ0) is 11.3. The van der Waals surface area contributed by atoms with E-state index in [-0.39, 0.29) is 0 Å². The number of nitrogens with two attached hydrogens (primary N) is 1. The Morgan fingerprint density at radius 1 is 1.33 bits per heavy atom. The molecule has 0 fully saturated rings. The summed E-state index contributed by atoms with van der Waals surface area (Å²) in [6, 6.07) is 4.10. The predicted octanol–water partition coefficient (Wildman–Crippen LogP) is 1.99. The summed E-state index contributed by atoms with van der Waals surface area (Å²) >= 11 is 0. The van der Waals surface area contributed by atoms with Crippen LogP contribution in [0, 0.1) is 0 Å². The first-order valence-corrected chi connectivity index (χ1v) is 5.41. The zero-order valence-corrected chi connectivity index (χ0v) is 9.59. The minimum absolute atomic E-state index is 0.838. The first kappa shape index (κ1) is 11.6. The van der Waals surface area contributed by atoms with Crippen LogP contribution in [0.25, 0.3) is 12.2 Å². The highest BCUT2D eigenvalue weighted by molar-refractivity contribution is 5.51. The molecule has 2 N–H and O–H groups in total. The van der Waals surface area contributed by atoms with Crippen molar-refractivity contribution in [3.8, 4) is 0 Å². The van der Waals surface area contributed by atoms with Crippen LogP contribution in [0.5, 0.6) is 0 Å². The minimum atomic E-state index is 0.838. The second-order valence-corrected chi connectivity index (χ2v) is 3.58. The van der Waals surface area contributed by atoms with Crippen LogP contribution >= 0.6 is 0 Å². The van der Waals surface area contributed by atoms with Crippen molar-refractivity contribution in [3.05, 3.63) is 40.8 Å². The number of aryl methyl sites for hydroxylation is 1. The number of benzene rings is 1. The molecule has 1 aromatic rings. The van der Waals surface area contributed by atoms with E-state index in [0.29, 0.717) is 0 Å². The maximum absolute atomic E-state index is 5.94. The van der Waals surface area contributed by atoms with Crippen molar-refractivity contribution in [2.75, 3.05) is 5.73 Å². The first-order chi connectivity index (χ1) is 7.24. The molecule has 0 spiro atoms. The number of allylic oxidation sites excluding steroid dienone is 1. The van der Waals surface area contributed by atoms with E-state index in [9.17, 15) is 0 Å². The molecule has 0 amide bonds. The third kappa shape index (κ3) is 2.50. The normalized spacial score (nSPS) is 13.2. The smallest absolute Gasteiger partial charge is 0.0390 e. The molecule has 80 valence electrons. The van der Waals surface area contributed by atoms with Crippen molar-refractivity contribution in [3.63, 3.8) is 0 Å². The van der Waals surface area contributed by atoms with Gasteiger partial charge in [0.25, 0.3) is 0 Å². The summed E-state index contributed by atoms with van der Waals surface area (Å²) in [7, 11) is 0. The second kappa shape index (κ2) is 5.40. The van der Waals surface area contributed by atoms with E-state index in [0.717, 1.165) is 23.7 Å². The van der Waals surface area contributed by atoms with Gasteiger partial charge in [-0.1, -0.05) is 44.2 Å². The van der Waals surface area contributed by atoms with Crippen LogP contribution in [0.4, 0.5) is 5.69 Å². The van der Waals surface area contributed by atoms with Gasteiger partial charge < -0.3 is 5.73 Å². The molecule has 0 aliphatic rings. The monoisotopic (exact) mass is 201 g/mol. The maximum Gasteiger partial charge on any atom is 0.0390 e. The van der Waals surface area contributed by atoms with Crippen LogP contribution < -0.4 is 16.2 Å². The molecule has 0 radical (unpaired) electrons. The summed E-state index contributed by atoms with van der Waals surface area (Å²) in [5.74, 6) is 0. The summed E-state index contributed by atoms with van der Waals surface area (Å²) in [4.78, 5) is 0. The maximum atomic E-state index is 5.94. The zero-order valence-electron chi connectivity index (χ0n) is 9.59. The van der Waals surface area contributed by atoms with Crippen molar-refractivity contribution >= 4 is 17.8 Å². The van der Waals surface area contributed by atoms with Gasteiger partial charge in [-0.15, -0.1) is 0 Å². The van der Waals surface area contributed by atoms with Gasteiger partial charge in [-0.25, -0.2) is 0 Å². The van der Waals surface area contributed by atoms with E-state index in [1.54, 1.807) is 0 Å². The fourth-order valence-electron chi connectivity index (χ4n) is 1.82. The lowest BCUT2D eigenvalue weighted by Gasteiger charge is -2.04. The standard InChI is InChI=1S/C14H19N/c1-4-7-11-9-10-14(15)12(6-3)13(11)8-5-2/h5-6,8-10H,2,4,7,15H2,1,3H3. The van der Waals surface area contributed by atoms with Gasteiger partial charge in [-0.3, -0.25) is 0 Å². The molecular formula is C14H19N. The Labute approximate surface area is 91.6 Å². The fraction of sp³-hybridized carbons (Fsp3) is 0.286. The van der Waals surface area contributed by atoms with Crippen molar-refractivity contribution < 1.29 is 0 Å². The molecule has 0 saturated heterocycles. The lowest BCUT2D eigenvalue weighted by Crippen LogP contribution is -2.30. The Morgan fingerprint density at radius 3 is 2.60 bits per heavy atom. The number of hydrogen-bond donors (Lipinski definition) is 1. The first-order valence-electron chi connectivity index (χ1n) is 5.41. The third-order valence-corrected chi connectivity index (χ3v) is 2.50. The van der Waals surface area contributed by atoms with Gasteiger partial charge >= 0.3 is 0 Å². The molecule has 0 aliphatic carbocycles. The van der Waals surface area contributed by atoms with Crippen LogP contribution in [-0.2, 0) is 6.42 Å². The van der Waals surface area contributed by atoms with E-state index >= 15 is 0 Å². The fourth-order valence-corrected chi connectivity index (χ4v) is 1.82. The summed E-state index contributed by atoms with van der Waals surface area (Å²) in [6.07, 6.45) is 8.15. The Hall–Kier alpha value is -1.50. The average molecular weight is 201 g/mol. The summed E-state index contributed by atoms with van der Waals surface area (Å²) in [5, 5.41) is 2.34. The SMILES string of the molecule is C=CC=c1c(CCC)ccc(N)c1=CC. The lowest BCUT2D eigenvalue weighted by atomic mass is 10.0. The second-order valence-electron chi connectivity index (χ2n) is 3.58. The van der Waals surface area contributed by atoms with E-state index in [1.165, 1.54) is 10.8 Å². The Morgan fingerprint density at radius 2 is 2.07 bits per heavy atom. The van der Waals surface area contributed by atoms with Crippen molar-refractivity contribution in [1.29, 1.82) is 0 Å². The number of anilines is 1. The van der Waals surface area contributed by atoms with Crippen molar-refractivity contribution in [2.24, 2.45) is 0 Å². The molecule has 0 atom stereocenters. The van der Waals surface area contributed by atoms with Crippen LogP contribution in [-0.4, -0.2) is 0 Å². The summed E-state index contributed by atoms with van der Waals surface area (Å²) in [5.41, 5.74) is 8.13. The van der Waals surface area contributed by atoms with Gasteiger partial charge in [-0.05, 0) is 30.2 Å². The van der Waals surface area contributed by atoms with E-state index in [1.807, 2.05) is 25.1 Å². The van der Waals surface area contributed by atoms with Gasteiger partial charge in [0.05, 0.1) is 0 Å². The highest BCUT2D eigenvalue weighted by atomic mass is 14.5. The van der Waals surface area contributed by atoms with E-state index in [4.69, 9.17) is 5.73 Å². The van der Waals surface area contributed by atoms with Gasteiger partial charge in [-0.2, -0.15) is 0 Å². The lowest BCUT2D eigenvalue weighted by molar-refractivity contribution is 0.913. The van der Waals surface area contributed by atoms with Gasteiger partial charge in [0, 0.05) is 10.9 Å². The molecule has 0 saturated carbocycles. The molecule has 0 bridgehead atoms. The highest BCUT2D eigenvalue weighted by Crippen LogP contribution is 1.98. The molecule has 0 aromatic heterocycles.